The summed E-state index contributed by atoms with van der Waals surface area (Å²) in [7, 11) is 0. The lowest BCUT2D eigenvalue weighted by atomic mass is 10.0. The zero-order valence-electron chi connectivity index (χ0n) is 17.7. The molecule has 1 heterocycles. The van der Waals surface area contributed by atoms with E-state index in [1.807, 2.05) is 52.0 Å². The van der Waals surface area contributed by atoms with Crippen LogP contribution >= 0.6 is 0 Å². The topological polar surface area (TPSA) is 53.9 Å². The molecule has 1 aliphatic rings. The van der Waals surface area contributed by atoms with Crippen LogP contribution in [0.25, 0.3) is 0 Å². The van der Waals surface area contributed by atoms with Gasteiger partial charge in [-0.15, -0.1) is 0 Å². The summed E-state index contributed by atoms with van der Waals surface area (Å²) in [6.45, 7) is 7.82. The average molecular weight is 415 g/mol. The van der Waals surface area contributed by atoms with Crippen molar-refractivity contribution in [2.75, 3.05) is 6.54 Å². The van der Waals surface area contributed by atoms with Gasteiger partial charge in [-0.1, -0.05) is 35.5 Å². The van der Waals surface area contributed by atoms with Crippen molar-refractivity contribution < 1.29 is 18.4 Å². The van der Waals surface area contributed by atoms with Crippen LogP contribution in [0.5, 0.6) is 0 Å². The highest BCUT2D eigenvalue weighted by molar-refractivity contribution is 6.02. The monoisotopic (exact) mass is 415 g/mol. The molecule has 0 aromatic heterocycles. The highest BCUT2D eigenvalue weighted by atomic mass is 19.1. The van der Waals surface area contributed by atoms with E-state index >= 15 is 0 Å². The Kier molecular flexibility index (Phi) is 6.39. The van der Waals surface area contributed by atoms with Crippen molar-refractivity contribution in [2.45, 2.75) is 52.3 Å². The molecule has 2 aromatic carbocycles. The minimum absolute atomic E-state index is 0.00636. The van der Waals surface area contributed by atoms with Gasteiger partial charge in [0.05, 0.1) is 18.8 Å². The van der Waals surface area contributed by atoms with Gasteiger partial charge in [0.25, 0.3) is 0 Å². The Hall–Kier alpha value is -2.96. The van der Waals surface area contributed by atoms with Crippen molar-refractivity contribution in [2.24, 2.45) is 5.16 Å². The predicted molar refractivity (Wildman–Crippen MR) is 112 cm³/mol. The van der Waals surface area contributed by atoms with Crippen LogP contribution in [-0.2, 0) is 11.4 Å². The van der Waals surface area contributed by atoms with Crippen LogP contribution < -0.4 is 5.32 Å². The van der Waals surface area contributed by atoms with Crippen LogP contribution in [0.1, 0.15) is 43.9 Å². The second-order valence-corrected chi connectivity index (χ2v) is 8.58. The molecule has 0 bridgehead atoms. The highest BCUT2D eigenvalue weighted by Gasteiger charge is 2.29. The van der Waals surface area contributed by atoms with Gasteiger partial charge in [0.15, 0.2) is 6.10 Å². The molecule has 7 heteroatoms. The SMILES string of the molecule is Cc1ccccc1C1=NO[C@@H](CN(Cc2ccc(F)cc2F)C(=O)NC(C)(C)C)C1. The van der Waals surface area contributed by atoms with Crippen molar-refractivity contribution in [1.29, 1.82) is 0 Å². The van der Waals surface area contributed by atoms with E-state index in [0.29, 0.717) is 6.42 Å². The third-order valence-corrected chi connectivity index (χ3v) is 4.76. The second-order valence-electron chi connectivity index (χ2n) is 8.58. The Balaban J connectivity index is 1.74. The molecule has 0 aliphatic carbocycles. The average Bonchev–Trinajstić information content (AvgIpc) is 3.10. The summed E-state index contributed by atoms with van der Waals surface area (Å²) in [5, 5.41) is 7.10. The Morgan fingerprint density at radius 3 is 2.63 bits per heavy atom. The minimum atomic E-state index is -0.687. The molecule has 1 N–H and O–H groups in total. The fraction of sp³-hybridized carbons (Fsp3) is 0.391. The molecule has 160 valence electrons. The van der Waals surface area contributed by atoms with E-state index in [0.717, 1.165) is 22.9 Å². The number of halogens is 2. The Labute approximate surface area is 175 Å². The molecule has 0 saturated heterocycles. The maximum absolute atomic E-state index is 14.2. The third-order valence-electron chi connectivity index (χ3n) is 4.76. The quantitative estimate of drug-likeness (QED) is 0.764. The molecule has 5 nitrogen and oxygen atoms in total. The third kappa shape index (κ3) is 5.55. The van der Waals surface area contributed by atoms with Gasteiger partial charge in [0.2, 0.25) is 0 Å². The zero-order chi connectivity index (χ0) is 21.9. The largest absolute Gasteiger partial charge is 0.390 e. The van der Waals surface area contributed by atoms with Crippen LogP contribution in [0.2, 0.25) is 0 Å². The van der Waals surface area contributed by atoms with Gasteiger partial charge in [-0.2, -0.15) is 0 Å². The summed E-state index contributed by atoms with van der Waals surface area (Å²) in [4.78, 5) is 19.9. The first kappa shape index (κ1) is 21.7. The van der Waals surface area contributed by atoms with E-state index in [-0.39, 0.29) is 30.8 Å². The van der Waals surface area contributed by atoms with Gasteiger partial charge in [0, 0.05) is 29.2 Å². The van der Waals surface area contributed by atoms with Crippen LogP contribution in [-0.4, -0.2) is 34.8 Å². The van der Waals surface area contributed by atoms with E-state index in [1.54, 1.807) is 0 Å². The number of carbonyl (C=O) groups excluding carboxylic acids is 1. The normalized spacial score (nSPS) is 16.1. The van der Waals surface area contributed by atoms with Crippen molar-refractivity contribution in [1.82, 2.24) is 10.2 Å². The van der Waals surface area contributed by atoms with E-state index in [2.05, 4.69) is 10.5 Å². The lowest BCUT2D eigenvalue weighted by Gasteiger charge is -2.29. The maximum atomic E-state index is 14.2. The number of hydrogen-bond acceptors (Lipinski definition) is 3. The summed E-state index contributed by atoms with van der Waals surface area (Å²) in [6, 6.07) is 10.9. The molecule has 1 aliphatic heterocycles. The van der Waals surface area contributed by atoms with Crippen LogP contribution in [0.3, 0.4) is 0 Å². The number of aryl methyl sites for hydroxylation is 1. The van der Waals surface area contributed by atoms with Crippen molar-refractivity contribution in [3.8, 4) is 0 Å². The molecule has 1 atom stereocenters. The Morgan fingerprint density at radius 1 is 1.23 bits per heavy atom. The number of urea groups is 1. The number of carbonyl (C=O) groups is 1. The summed E-state index contributed by atoms with van der Waals surface area (Å²) in [5.41, 5.74) is 2.70. The minimum Gasteiger partial charge on any atom is -0.390 e. The zero-order valence-corrected chi connectivity index (χ0v) is 17.7. The van der Waals surface area contributed by atoms with E-state index < -0.39 is 17.2 Å². The van der Waals surface area contributed by atoms with Crippen LogP contribution in [0.4, 0.5) is 13.6 Å². The Bertz CT molecular complexity index is 954. The van der Waals surface area contributed by atoms with Crippen molar-refractivity contribution in [3.63, 3.8) is 0 Å². The fourth-order valence-electron chi connectivity index (χ4n) is 3.30. The molecule has 0 radical (unpaired) electrons. The van der Waals surface area contributed by atoms with Gasteiger partial charge in [-0.3, -0.25) is 0 Å². The fourth-order valence-corrected chi connectivity index (χ4v) is 3.30. The molecular weight excluding hydrogens is 388 g/mol. The van der Waals surface area contributed by atoms with Crippen LogP contribution in [0, 0.1) is 18.6 Å². The molecule has 0 unspecified atom stereocenters. The molecule has 2 aromatic rings. The van der Waals surface area contributed by atoms with Crippen molar-refractivity contribution >= 4 is 11.7 Å². The van der Waals surface area contributed by atoms with Crippen molar-refractivity contribution in [3.05, 3.63) is 70.8 Å². The summed E-state index contributed by atoms with van der Waals surface area (Å²) in [6.07, 6.45) is 0.185. The highest BCUT2D eigenvalue weighted by Crippen LogP contribution is 2.21. The molecule has 0 spiro atoms. The summed E-state index contributed by atoms with van der Waals surface area (Å²) in [5.74, 6) is -1.34. The van der Waals surface area contributed by atoms with Gasteiger partial charge >= 0.3 is 6.03 Å². The lowest BCUT2D eigenvalue weighted by Crippen LogP contribution is -2.50. The number of nitrogens with one attached hydrogen (secondary N) is 1. The predicted octanol–water partition coefficient (Wildman–Crippen LogP) is 4.78. The number of amides is 2. The maximum Gasteiger partial charge on any atom is 0.318 e. The molecule has 0 fully saturated rings. The van der Waals surface area contributed by atoms with Gasteiger partial charge in [-0.25, -0.2) is 13.6 Å². The first-order valence-electron chi connectivity index (χ1n) is 9.92. The Morgan fingerprint density at radius 2 is 1.97 bits per heavy atom. The standard InChI is InChI=1S/C23H27F2N3O2/c1-15-7-5-6-8-19(15)21-12-18(30-27-21)14-28(22(29)26-23(2,3)4)13-16-9-10-17(24)11-20(16)25/h5-11,18H,12-14H2,1-4H3,(H,26,29)/t18-/m1/s1. The molecular formula is C23H27F2N3O2. The number of nitrogens with zero attached hydrogens (tertiary/aromatic N) is 2. The molecule has 3 rings (SSSR count). The molecule has 30 heavy (non-hydrogen) atoms. The molecule has 0 saturated carbocycles. The van der Waals surface area contributed by atoms with Crippen LogP contribution in [0.15, 0.2) is 47.6 Å². The number of oxime groups is 1. The molecule has 2 amide bonds. The second kappa shape index (κ2) is 8.81. The lowest BCUT2D eigenvalue weighted by molar-refractivity contribution is 0.0578. The van der Waals surface area contributed by atoms with Gasteiger partial charge in [-0.05, 0) is 39.3 Å². The summed E-state index contributed by atoms with van der Waals surface area (Å²) < 4.78 is 27.5. The summed E-state index contributed by atoms with van der Waals surface area (Å²) >= 11 is 0. The van der Waals surface area contributed by atoms with Gasteiger partial charge in [0.1, 0.15) is 11.6 Å². The van der Waals surface area contributed by atoms with E-state index in [4.69, 9.17) is 4.84 Å². The number of rotatable bonds is 5. The smallest absolute Gasteiger partial charge is 0.318 e. The first-order valence-corrected chi connectivity index (χ1v) is 9.92. The number of benzene rings is 2. The first-order chi connectivity index (χ1) is 14.1. The van der Waals surface area contributed by atoms with Gasteiger partial charge < -0.3 is 15.1 Å². The van der Waals surface area contributed by atoms with E-state index in [1.165, 1.54) is 17.0 Å². The van der Waals surface area contributed by atoms with E-state index in [9.17, 15) is 13.6 Å². The number of hydrogen-bond donors (Lipinski definition) is 1.